The van der Waals surface area contributed by atoms with Crippen molar-refractivity contribution in [1.29, 1.82) is 0 Å². The number of aliphatic hydroxyl groups excluding tert-OH is 1. The second-order valence-corrected chi connectivity index (χ2v) is 8.79. The fourth-order valence-electron chi connectivity index (χ4n) is 4.23. The highest BCUT2D eigenvalue weighted by atomic mass is 35.5. The zero-order chi connectivity index (χ0) is 21.5. The Balaban J connectivity index is 1.23. The Morgan fingerprint density at radius 3 is 2.33 bits per heavy atom. The predicted octanol–water partition coefficient (Wildman–Crippen LogP) is 3.15. The van der Waals surface area contributed by atoms with E-state index in [1.54, 1.807) is 24.3 Å². The summed E-state index contributed by atoms with van der Waals surface area (Å²) in [6, 6.07) is 10.4. The lowest BCUT2D eigenvalue weighted by atomic mass is 9.44. The molecule has 0 spiro atoms. The SMILES string of the molecule is O=C(COc1ccc(Cl)c(F)c1)NC12CC(NC(=O)C(O)c3ccc(Cl)cc3)(C1)C2. The van der Waals surface area contributed by atoms with E-state index in [0.29, 0.717) is 29.8 Å². The summed E-state index contributed by atoms with van der Waals surface area (Å²) in [5.41, 5.74) is -0.315. The summed E-state index contributed by atoms with van der Waals surface area (Å²) in [7, 11) is 0. The molecule has 3 N–H and O–H groups in total. The quantitative estimate of drug-likeness (QED) is 0.601. The predicted molar refractivity (Wildman–Crippen MR) is 109 cm³/mol. The molecule has 0 heterocycles. The molecule has 3 aliphatic rings. The van der Waals surface area contributed by atoms with Crippen LogP contribution in [0.4, 0.5) is 4.39 Å². The number of rotatable bonds is 7. The van der Waals surface area contributed by atoms with Gasteiger partial charge in [0.05, 0.1) is 5.02 Å². The van der Waals surface area contributed by atoms with Crippen LogP contribution in [0.5, 0.6) is 5.75 Å². The van der Waals surface area contributed by atoms with Gasteiger partial charge in [-0.25, -0.2) is 4.39 Å². The third-order valence-corrected chi connectivity index (χ3v) is 6.08. The van der Waals surface area contributed by atoms with Crippen molar-refractivity contribution >= 4 is 35.0 Å². The summed E-state index contributed by atoms with van der Waals surface area (Å²) in [5, 5.41) is 16.5. The van der Waals surface area contributed by atoms with Crippen molar-refractivity contribution in [3.8, 4) is 5.75 Å². The van der Waals surface area contributed by atoms with Crippen molar-refractivity contribution in [2.45, 2.75) is 36.4 Å². The maximum Gasteiger partial charge on any atom is 0.258 e. The van der Waals surface area contributed by atoms with Gasteiger partial charge in [-0.3, -0.25) is 9.59 Å². The lowest BCUT2D eigenvalue weighted by Crippen LogP contribution is -2.84. The highest BCUT2D eigenvalue weighted by Gasteiger charge is 2.69. The highest BCUT2D eigenvalue weighted by Crippen LogP contribution is 2.60. The molecule has 30 heavy (non-hydrogen) atoms. The molecule has 0 aromatic heterocycles. The normalized spacial score (nSPS) is 24.8. The van der Waals surface area contributed by atoms with Crippen LogP contribution in [0.15, 0.2) is 42.5 Å². The Kier molecular flexibility index (Phi) is 5.38. The first-order valence-corrected chi connectivity index (χ1v) is 10.1. The van der Waals surface area contributed by atoms with Crippen LogP contribution in [-0.4, -0.2) is 34.6 Å². The van der Waals surface area contributed by atoms with Gasteiger partial charge in [0.1, 0.15) is 11.6 Å². The summed E-state index contributed by atoms with van der Waals surface area (Å²) in [4.78, 5) is 24.5. The lowest BCUT2D eigenvalue weighted by molar-refractivity contribution is -0.154. The first kappa shape index (κ1) is 20.9. The van der Waals surface area contributed by atoms with Crippen LogP contribution in [0.3, 0.4) is 0 Å². The number of hydrogen-bond donors (Lipinski definition) is 3. The smallest absolute Gasteiger partial charge is 0.258 e. The van der Waals surface area contributed by atoms with Crippen molar-refractivity contribution in [3.63, 3.8) is 0 Å². The third-order valence-electron chi connectivity index (χ3n) is 5.52. The van der Waals surface area contributed by atoms with E-state index >= 15 is 0 Å². The van der Waals surface area contributed by atoms with Gasteiger partial charge >= 0.3 is 0 Å². The van der Waals surface area contributed by atoms with Gasteiger partial charge in [-0.15, -0.1) is 0 Å². The number of aliphatic hydroxyl groups is 1. The molecule has 1 unspecified atom stereocenters. The number of amides is 2. The number of carbonyl (C=O) groups excluding carboxylic acids is 2. The van der Waals surface area contributed by atoms with Crippen LogP contribution in [0.1, 0.15) is 30.9 Å². The molecule has 3 aliphatic carbocycles. The number of benzene rings is 2. The fourth-order valence-corrected chi connectivity index (χ4v) is 4.47. The van der Waals surface area contributed by atoms with Crippen molar-refractivity contribution in [1.82, 2.24) is 10.6 Å². The van der Waals surface area contributed by atoms with Gasteiger partial charge in [-0.2, -0.15) is 0 Å². The largest absolute Gasteiger partial charge is 0.484 e. The van der Waals surface area contributed by atoms with Gasteiger partial charge in [-0.1, -0.05) is 35.3 Å². The van der Waals surface area contributed by atoms with E-state index < -0.39 is 23.4 Å². The Bertz CT molecular complexity index is 979. The summed E-state index contributed by atoms with van der Waals surface area (Å²) in [6.45, 7) is -0.253. The molecule has 2 aromatic carbocycles. The van der Waals surface area contributed by atoms with Crippen molar-refractivity contribution in [2.24, 2.45) is 0 Å². The van der Waals surface area contributed by atoms with E-state index in [9.17, 15) is 19.1 Å². The number of nitrogens with one attached hydrogen (secondary N) is 2. The van der Waals surface area contributed by atoms with Crippen LogP contribution < -0.4 is 15.4 Å². The molecule has 2 bridgehead atoms. The van der Waals surface area contributed by atoms with Gasteiger partial charge in [0.2, 0.25) is 0 Å². The van der Waals surface area contributed by atoms with Crippen LogP contribution in [0.2, 0.25) is 10.0 Å². The topological polar surface area (TPSA) is 87.7 Å². The first-order valence-electron chi connectivity index (χ1n) is 9.34. The van der Waals surface area contributed by atoms with E-state index in [4.69, 9.17) is 27.9 Å². The van der Waals surface area contributed by atoms with E-state index in [2.05, 4.69) is 10.6 Å². The Morgan fingerprint density at radius 2 is 1.70 bits per heavy atom. The number of ether oxygens (including phenoxy) is 1. The van der Waals surface area contributed by atoms with Crippen molar-refractivity contribution in [2.75, 3.05) is 6.61 Å². The monoisotopic (exact) mass is 452 g/mol. The molecule has 5 rings (SSSR count). The number of carbonyl (C=O) groups is 2. The van der Waals surface area contributed by atoms with Crippen LogP contribution in [0.25, 0.3) is 0 Å². The third kappa shape index (κ3) is 4.10. The van der Waals surface area contributed by atoms with E-state index in [0.717, 1.165) is 6.07 Å². The fraction of sp³-hybridized carbons (Fsp3) is 0.333. The van der Waals surface area contributed by atoms with Crippen LogP contribution >= 0.6 is 23.2 Å². The molecule has 0 radical (unpaired) electrons. The molecule has 158 valence electrons. The minimum Gasteiger partial charge on any atom is -0.484 e. The Hall–Kier alpha value is -2.35. The van der Waals surface area contributed by atoms with Crippen LogP contribution in [0, 0.1) is 5.82 Å². The van der Waals surface area contributed by atoms with Gasteiger partial charge < -0.3 is 20.5 Å². The molecule has 2 aromatic rings. The van der Waals surface area contributed by atoms with Crippen LogP contribution in [-0.2, 0) is 9.59 Å². The van der Waals surface area contributed by atoms with Gasteiger partial charge in [-0.05, 0) is 49.1 Å². The molecule has 9 heteroatoms. The average molecular weight is 453 g/mol. The summed E-state index contributed by atoms with van der Waals surface area (Å²) >= 11 is 11.4. The van der Waals surface area contributed by atoms with E-state index in [-0.39, 0.29) is 28.8 Å². The first-order chi connectivity index (χ1) is 14.2. The summed E-state index contributed by atoms with van der Waals surface area (Å²) < 4.78 is 18.7. The molecule has 6 nitrogen and oxygen atoms in total. The van der Waals surface area contributed by atoms with Crippen molar-refractivity contribution < 1.29 is 23.8 Å². The second kappa shape index (κ2) is 7.72. The van der Waals surface area contributed by atoms with E-state index in [1.807, 2.05) is 0 Å². The summed E-state index contributed by atoms with van der Waals surface area (Å²) in [5.74, 6) is -1.21. The molecular formula is C21H19Cl2FN2O4. The Morgan fingerprint density at radius 1 is 1.07 bits per heavy atom. The molecule has 0 saturated heterocycles. The van der Waals surface area contributed by atoms with Gasteiger partial charge in [0, 0.05) is 22.2 Å². The molecule has 3 fully saturated rings. The highest BCUT2D eigenvalue weighted by molar-refractivity contribution is 6.31. The summed E-state index contributed by atoms with van der Waals surface area (Å²) in [6.07, 6.45) is 0.469. The molecule has 3 saturated carbocycles. The molecule has 0 aliphatic heterocycles. The average Bonchev–Trinajstić information content (AvgIpc) is 2.66. The number of halogens is 3. The maximum absolute atomic E-state index is 13.4. The van der Waals surface area contributed by atoms with Gasteiger partial charge in [0.25, 0.3) is 11.8 Å². The zero-order valence-corrected chi connectivity index (χ0v) is 17.3. The second-order valence-electron chi connectivity index (χ2n) is 7.95. The minimum absolute atomic E-state index is 0.0193. The standard InChI is InChI=1S/C21H19Cl2FN2O4/c22-13-3-1-12(2-4-13)18(28)19(29)26-21-9-20(10-21,11-21)25-17(27)8-30-14-5-6-15(23)16(24)7-14/h1-7,18,28H,8-11H2,(H,25,27)(H,26,29). The molecule has 1 atom stereocenters. The van der Waals surface area contributed by atoms with E-state index in [1.165, 1.54) is 12.1 Å². The Labute approximate surface area is 182 Å². The minimum atomic E-state index is -1.28. The van der Waals surface area contributed by atoms with Crippen molar-refractivity contribution in [3.05, 3.63) is 63.9 Å². The zero-order valence-electron chi connectivity index (χ0n) is 15.8. The molecule has 2 amide bonds. The maximum atomic E-state index is 13.4. The number of hydrogen-bond acceptors (Lipinski definition) is 4. The lowest BCUT2D eigenvalue weighted by Gasteiger charge is -2.70. The van der Waals surface area contributed by atoms with Gasteiger partial charge in [0.15, 0.2) is 12.7 Å². The molecular weight excluding hydrogens is 434 g/mol.